The van der Waals surface area contributed by atoms with E-state index in [4.69, 9.17) is 10.5 Å². The molecule has 142 valence electrons. The van der Waals surface area contributed by atoms with Gasteiger partial charge in [-0.2, -0.15) is 5.21 Å². The van der Waals surface area contributed by atoms with E-state index in [1.165, 1.54) is 25.7 Å². The van der Waals surface area contributed by atoms with Crippen LogP contribution < -0.4 is 16.4 Å². The number of fused-ring (bicyclic) bond motifs is 2. The summed E-state index contributed by atoms with van der Waals surface area (Å²) >= 11 is 0. The molecule has 26 heavy (non-hydrogen) atoms. The smallest absolute Gasteiger partial charge is 0.180 e. The Balaban J connectivity index is 1.32. The highest BCUT2D eigenvalue weighted by atomic mass is 16.5. The van der Waals surface area contributed by atoms with Crippen molar-refractivity contribution in [2.75, 3.05) is 0 Å². The van der Waals surface area contributed by atoms with Crippen LogP contribution in [-0.2, 0) is 9.53 Å². The molecule has 0 radical (unpaired) electrons. The van der Waals surface area contributed by atoms with Gasteiger partial charge in [-0.15, -0.1) is 10.2 Å². The number of piperidine rings is 2. The number of nitrogens with two attached hydrogens (primary N) is 1. The molecular formula is C17H27N7O2. The Morgan fingerprint density at radius 2 is 1.92 bits per heavy atom. The van der Waals surface area contributed by atoms with E-state index in [1.807, 2.05) is 0 Å². The van der Waals surface area contributed by atoms with Gasteiger partial charge in [-0.3, -0.25) is 10.1 Å². The van der Waals surface area contributed by atoms with E-state index < -0.39 is 0 Å². The predicted molar refractivity (Wildman–Crippen MR) is 91.7 cm³/mol. The van der Waals surface area contributed by atoms with Gasteiger partial charge in [0.05, 0.1) is 30.1 Å². The fourth-order valence-corrected chi connectivity index (χ4v) is 5.45. The Kier molecular flexibility index (Phi) is 4.27. The topological polar surface area (TPSA) is 131 Å². The molecule has 7 unspecified atom stereocenters. The molecule has 0 spiro atoms. The number of aromatic nitrogens is 4. The van der Waals surface area contributed by atoms with Gasteiger partial charge in [0.2, 0.25) is 0 Å². The summed E-state index contributed by atoms with van der Waals surface area (Å²) in [6, 6.07) is 0.257. The van der Waals surface area contributed by atoms with Crippen LogP contribution in [0.25, 0.3) is 0 Å². The van der Waals surface area contributed by atoms with E-state index in [2.05, 4.69) is 31.3 Å². The van der Waals surface area contributed by atoms with Crippen molar-refractivity contribution in [3.63, 3.8) is 0 Å². The molecule has 1 aliphatic carbocycles. The summed E-state index contributed by atoms with van der Waals surface area (Å²) in [5, 5.41) is 21.2. The zero-order valence-corrected chi connectivity index (χ0v) is 14.8. The number of nitrogens with one attached hydrogen (secondary N) is 3. The van der Waals surface area contributed by atoms with Crippen molar-refractivity contribution in [1.29, 1.82) is 0 Å². The molecule has 9 heteroatoms. The molecule has 7 atom stereocenters. The van der Waals surface area contributed by atoms with E-state index in [-0.39, 0.29) is 42.2 Å². The lowest BCUT2D eigenvalue weighted by Crippen LogP contribution is -2.69. The standard InChI is InChI=1S/C17H27N7O2/c18-15-10(16-21-23-24-22-16)7-9-14(25)13-12(26-17(9)20-15)6-5-11(19-13)8-3-1-2-4-8/h8-13,15,17,19-20H,1-7,18H2,(H,21,22,23,24). The van der Waals surface area contributed by atoms with Gasteiger partial charge in [-0.05, 0) is 38.0 Å². The molecule has 1 aromatic heterocycles. The lowest BCUT2D eigenvalue weighted by atomic mass is 9.76. The van der Waals surface area contributed by atoms with E-state index in [0.29, 0.717) is 24.2 Å². The first-order valence-electron chi connectivity index (χ1n) is 9.91. The molecule has 0 aromatic carbocycles. The van der Waals surface area contributed by atoms with Crippen molar-refractivity contribution in [2.45, 2.75) is 81.4 Å². The van der Waals surface area contributed by atoms with Gasteiger partial charge >= 0.3 is 0 Å². The van der Waals surface area contributed by atoms with Crippen molar-refractivity contribution in [2.24, 2.45) is 17.6 Å². The van der Waals surface area contributed by atoms with Crippen LogP contribution in [0.1, 0.15) is 56.7 Å². The Morgan fingerprint density at radius 3 is 2.69 bits per heavy atom. The fraction of sp³-hybridized carbons (Fsp3) is 0.882. The van der Waals surface area contributed by atoms with E-state index in [9.17, 15) is 4.79 Å². The highest BCUT2D eigenvalue weighted by molar-refractivity contribution is 5.88. The van der Waals surface area contributed by atoms with Crippen LogP contribution in [0, 0.1) is 11.8 Å². The number of rotatable bonds is 2. The van der Waals surface area contributed by atoms with Crippen LogP contribution in [-0.4, -0.2) is 57.0 Å². The lowest BCUT2D eigenvalue weighted by Gasteiger charge is -2.49. The number of carbonyl (C=O) groups excluding carboxylic acids is 1. The number of ketones is 1. The van der Waals surface area contributed by atoms with Crippen LogP contribution in [0.4, 0.5) is 0 Å². The summed E-state index contributed by atoms with van der Waals surface area (Å²) in [6.07, 6.45) is 7.12. The molecule has 0 bridgehead atoms. The molecule has 4 aliphatic rings. The molecule has 1 saturated carbocycles. The first kappa shape index (κ1) is 16.7. The first-order chi connectivity index (χ1) is 12.7. The maximum absolute atomic E-state index is 13.3. The van der Waals surface area contributed by atoms with Crippen molar-refractivity contribution in [3.05, 3.63) is 5.82 Å². The van der Waals surface area contributed by atoms with Crippen molar-refractivity contribution >= 4 is 5.78 Å². The number of tetrazole rings is 1. The van der Waals surface area contributed by atoms with Gasteiger partial charge in [-0.25, -0.2) is 0 Å². The number of Topliss-reactive ketones (excluding diaryl/α,β-unsaturated/α-hetero) is 1. The van der Waals surface area contributed by atoms with Gasteiger partial charge in [0.1, 0.15) is 6.23 Å². The molecule has 9 nitrogen and oxygen atoms in total. The zero-order chi connectivity index (χ0) is 17.7. The number of nitrogens with zero attached hydrogens (tertiary/aromatic N) is 3. The third-order valence-corrected chi connectivity index (χ3v) is 6.85. The van der Waals surface area contributed by atoms with Crippen LogP contribution in [0.3, 0.4) is 0 Å². The molecule has 0 amide bonds. The van der Waals surface area contributed by atoms with Crippen LogP contribution in [0.2, 0.25) is 0 Å². The van der Waals surface area contributed by atoms with Crippen molar-refractivity contribution < 1.29 is 9.53 Å². The molecule has 4 fully saturated rings. The molecule has 4 heterocycles. The van der Waals surface area contributed by atoms with Crippen LogP contribution in [0.15, 0.2) is 0 Å². The Morgan fingerprint density at radius 1 is 1.08 bits per heavy atom. The summed E-state index contributed by atoms with van der Waals surface area (Å²) in [4.78, 5) is 13.3. The highest BCUT2D eigenvalue weighted by Crippen LogP contribution is 2.39. The van der Waals surface area contributed by atoms with Gasteiger partial charge in [0.15, 0.2) is 11.6 Å². The van der Waals surface area contributed by atoms with E-state index >= 15 is 0 Å². The second-order valence-corrected chi connectivity index (χ2v) is 8.28. The normalized spacial score (nSPS) is 43.9. The quantitative estimate of drug-likeness (QED) is 0.569. The number of hydrogen-bond acceptors (Lipinski definition) is 8. The zero-order valence-electron chi connectivity index (χ0n) is 14.8. The lowest BCUT2D eigenvalue weighted by molar-refractivity contribution is -0.170. The van der Waals surface area contributed by atoms with E-state index in [0.717, 1.165) is 12.8 Å². The largest absolute Gasteiger partial charge is 0.357 e. The van der Waals surface area contributed by atoms with Crippen molar-refractivity contribution in [1.82, 2.24) is 31.3 Å². The second-order valence-electron chi connectivity index (χ2n) is 8.28. The summed E-state index contributed by atoms with van der Waals surface area (Å²) in [5.41, 5.74) is 6.26. The van der Waals surface area contributed by atoms with Crippen molar-refractivity contribution in [3.8, 4) is 0 Å². The molecule has 3 saturated heterocycles. The minimum atomic E-state index is -0.346. The minimum Gasteiger partial charge on any atom is -0.357 e. The summed E-state index contributed by atoms with van der Waals surface area (Å²) in [5.74, 6) is 1.15. The number of carbonyl (C=O) groups is 1. The Hall–Kier alpha value is -1.42. The van der Waals surface area contributed by atoms with Gasteiger partial charge in [-0.1, -0.05) is 18.1 Å². The Labute approximate surface area is 152 Å². The molecule has 1 aromatic rings. The number of aromatic amines is 1. The van der Waals surface area contributed by atoms with Crippen LogP contribution >= 0.6 is 0 Å². The predicted octanol–water partition coefficient (Wildman–Crippen LogP) is -0.218. The molecule has 5 N–H and O–H groups in total. The average Bonchev–Trinajstić information content (AvgIpc) is 3.35. The SMILES string of the molecule is NC1NC2OC3CCC(C4CCCC4)NC3C(=O)C2CC1c1nn[nH]n1. The molecule has 3 aliphatic heterocycles. The average molecular weight is 361 g/mol. The summed E-state index contributed by atoms with van der Waals surface area (Å²) in [7, 11) is 0. The fourth-order valence-electron chi connectivity index (χ4n) is 5.45. The number of ether oxygens (including phenoxy) is 1. The number of hydrogen-bond donors (Lipinski definition) is 4. The highest BCUT2D eigenvalue weighted by Gasteiger charge is 2.52. The second kappa shape index (κ2) is 6.63. The van der Waals surface area contributed by atoms with Gasteiger partial charge < -0.3 is 15.8 Å². The third-order valence-electron chi connectivity index (χ3n) is 6.85. The Bertz CT molecular complexity index is 648. The number of H-pyrrole nitrogens is 1. The first-order valence-corrected chi connectivity index (χ1v) is 9.91. The summed E-state index contributed by atoms with van der Waals surface area (Å²) in [6.45, 7) is 0. The van der Waals surface area contributed by atoms with Gasteiger partial charge in [0.25, 0.3) is 0 Å². The van der Waals surface area contributed by atoms with Gasteiger partial charge in [0, 0.05) is 6.04 Å². The molecular weight excluding hydrogens is 334 g/mol. The monoisotopic (exact) mass is 361 g/mol. The van der Waals surface area contributed by atoms with E-state index in [1.54, 1.807) is 0 Å². The maximum atomic E-state index is 13.3. The maximum Gasteiger partial charge on any atom is 0.180 e. The molecule has 5 rings (SSSR count). The minimum absolute atomic E-state index is 0.0529. The summed E-state index contributed by atoms with van der Waals surface area (Å²) < 4.78 is 6.27. The van der Waals surface area contributed by atoms with Crippen LogP contribution in [0.5, 0.6) is 0 Å². The third kappa shape index (κ3) is 2.77.